The zero-order valence-corrected chi connectivity index (χ0v) is 10.5. The van der Waals surface area contributed by atoms with Crippen molar-refractivity contribution < 1.29 is 4.79 Å². The fraction of sp³-hybridized carbons (Fsp3) is 0.500. The summed E-state index contributed by atoms with van der Waals surface area (Å²) in [4.78, 5) is 19.4. The van der Waals surface area contributed by atoms with Crippen LogP contribution in [0.2, 0.25) is 0 Å². The summed E-state index contributed by atoms with van der Waals surface area (Å²) in [5.41, 5.74) is 0. The minimum Gasteiger partial charge on any atom is -0.365 e. The molecular formula is C10H13BrN4O. The molecule has 5 nitrogen and oxygen atoms in total. The number of hydrogen-bond acceptors (Lipinski definition) is 4. The van der Waals surface area contributed by atoms with Gasteiger partial charge in [0.25, 0.3) is 0 Å². The van der Waals surface area contributed by atoms with Gasteiger partial charge in [0.05, 0.1) is 0 Å². The Labute approximate surface area is 102 Å². The van der Waals surface area contributed by atoms with Crippen LogP contribution >= 0.6 is 15.9 Å². The molecule has 0 spiro atoms. The first kappa shape index (κ1) is 11.3. The van der Waals surface area contributed by atoms with Crippen LogP contribution < -0.4 is 10.6 Å². The Bertz CT molecular complexity index is 380. The number of carbonyl (C=O) groups is 1. The number of halogens is 1. The molecule has 2 rings (SSSR count). The largest absolute Gasteiger partial charge is 0.365 e. The van der Waals surface area contributed by atoms with Crippen molar-refractivity contribution in [1.82, 2.24) is 15.3 Å². The molecule has 1 aliphatic heterocycles. The molecule has 1 aliphatic rings. The highest BCUT2D eigenvalue weighted by molar-refractivity contribution is 9.10. The maximum absolute atomic E-state index is 11.0. The van der Waals surface area contributed by atoms with Gasteiger partial charge in [0.15, 0.2) is 0 Å². The lowest BCUT2D eigenvalue weighted by Crippen LogP contribution is -2.42. The molecule has 0 radical (unpaired) electrons. The highest BCUT2D eigenvalue weighted by Gasteiger charge is 2.18. The van der Waals surface area contributed by atoms with E-state index >= 15 is 0 Å². The molecule has 86 valence electrons. The van der Waals surface area contributed by atoms with Crippen LogP contribution in [-0.2, 0) is 4.79 Å². The lowest BCUT2D eigenvalue weighted by Gasteiger charge is -2.23. The Morgan fingerprint density at radius 3 is 3.00 bits per heavy atom. The van der Waals surface area contributed by atoms with Crippen molar-refractivity contribution in [2.24, 2.45) is 0 Å². The first-order valence-corrected chi connectivity index (χ1v) is 5.97. The number of anilines is 1. The molecule has 1 saturated heterocycles. The molecule has 0 saturated carbocycles. The van der Waals surface area contributed by atoms with Crippen LogP contribution in [0.25, 0.3) is 0 Å². The van der Waals surface area contributed by atoms with Crippen LogP contribution in [0.5, 0.6) is 0 Å². The van der Waals surface area contributed by atoms with Crippen LogP contribution in [0, 0.1) is 6.92 Å². The smallest absolute Gasteiger partial charge is 0.220 e. The maximum atomic E-state index is 11.0. The normalized spacial score (nSPS) is 20.4. The second-order valence-corrected chi connectivity index (χ2v) is 4.62. The second-order valence-electron chi connectivity index (χ2n) is 3.81. The number of rotatable bonds is 2. The van der Waals surface area contributed by atoms with Crippen LogP contribution in [-0.4, -0.2) is 28.5 Å². The van der Waals surface area contributed by atoms with Gasteiger partial charge in [-0.1, -0.05) is 0 Å². The van der Waals surface area contributed by atoms with Crippen molar-refractivity contribution in [3.8, 4) is 0 Å². The number of amides is 1. The fourth-order valence-corrected chi connectivity index (χ4v) is 2.14. The van der Waals surface area contributed by atoms with Gasteiger partial charge in [0, 0.05) is 25.1 Å². The summed E-state index contributed by atoms with van der Waals surface area (Å²) in [6, 6.07) is 2.09. The van der Waals surface area contributed by atoms with Gasteiger partial charge in [-0.05, 0) is 29.3 Å². The first-order chi connectivity index (χ1) is 7.63. The molecule has 2 N–H and O–H groups in total. The van der Waals surface area contributed by atoms with E-state index in [-0.39, 0.29) is 11.9 Å². The Morgan fingerprint density at radius 2 is 2.38 bits per heavy atom. The molecule has 0 aliphatic carbocycles. The number of nitrogens with zero attached hydrogens (tertiary/aromatic N) is 2. The van der Waals surface area contributed by atoms with Gasteiger partial charge in [-0.15, -0.1) is 0 Å². The Balaban J connectivity index is 2.00. The van der Waals surface area contributed by atoms with Gasteiger partial charge >= 0.3 is 0 Å². The van der Waals surface area contributed by atoms with E-state index in [2.05, 4.69) is 36.5 Å². The molecule has 0 aromatic carbocycles. The predicted octanol–water partition coefficient (Wildman–Crippen LogP) is 1.24. The lowest BCUT2D eigenvalue weighted by molar-refractivity contribution is -0.122. The van der Waals surface area contributed by atoms with Crippen LogP contribution in [0.15, 0.2) is 10.7 Å². The standard InChI is InChI=1S/C10H13BrN4O/c1-6-13-8(11)4-9(14-6)15-7-2-3-10(16)12-5-7/h4,7H,2-3,5H2,1H3,(H,12,16)(H,13,14,15). The number of hydrogen-bond donors (Lipinski definition) is 2. The minimum absolute atomic E-state index is 0.123. The topological polar surface area (TPSA) is 66.9 Å². The Hall–Kier alpha value is -1.17. The molecule has 1 amide bonds. The van der Waals surface area contributed by atoms with Crippen molar-refractivity contribution in [1.29, 1.82) is 0 Å². The highest BCUT2D eigenvalue weighted by atomic mass is 79.9. The average Bonchev–Trinajstić information content (AvgIpc) is 2.20. The molecule has 6 heteroatoms. The third kappa shape index (κ3) is 2.91. The van der Waals surface area contributed by atoms with E-state index in [1.807, 2.05) is 13.0 Å². The van der Waals surface area contributed by atoms with Gasteiger partial charge < -0.3 is 10.6 Å². The number of aromatic nitrogens is 2. The van der Waals surface area contributed by atoms with Crippen molar-refractivity contribution in [2.45, 2.75) is 25.8 Å². The molecule has 16 heavy (non-hydrogen) atoms. The number of nitrogens with one attached hydrogen (secondary N) is 2. The number of aryl methyl sites for hydroxylation is 1. The van der Waals surface area contributed by atoms with Gasteiger partial charge in [-0.3, -0.25) is 4.79 Å². The van der Waals surface area contributed by atoms with E-state index in [1.165, 1.54) is 0 Å². The number of piperidine rings is 1. The SMILES string of the molecule is Cc1nc(Br)cc(NC2CCC(=O)NC2)n1. The van der Waals surface area contributed by atoms with E-state index in [1.54, 1.807) is 0 Å². The van der Waals surface area contributed by atoms with Crippen LogP contribution in [0.3, 0.4) is 0 Å². The summed E-state index contributed by atoms with van der Waals surface area (Å²) < 4.78 is 0.766. The molecule has 1 unspecified atom stereocenters. The maximum Gasteiger partial charge on any atom is 0.220 e. The van der Waals surface area contributed by atoms with Gasteiger partial charge in [0.2, 0.25) is 5.91 Å². The summed E-state index contributed by atoms with van der Waals surface area (Å²) in [6.07, 6.45) is 1.41. The van der Waals surface area contributed by atoms with Gasteiger partial charge in [0.1, 0.15) is 16.2 Å². The third-order valence-corrected chi connectivity index (χ3v) is 2.83. The van der Waals surface area contributed by atoms with Gasteiger partial charge in [-0.25, -0.2) is 9.97 Å². The van der Waals surface area contributed by atoms with Crippen molar-refractivity contribution >= 4 is 27.7 Å². The second kappa shape index (κ2) is 4.78. The molecule has 1 fully saturated rings. The van der Waals surface area contributed by atoms with Gasteiger partial charge in [-0.2, -0.15) is 0 Å². The van der Waals surface area contributed by atoms with Crippen LogP contribution in [0.1, 0.15) is 18.7 Å². The minimum atomic E-state index is 0.123. The molecule has 1 aromatic heterocycles. The van der Waals surface area contributed by atoms with E-state index in [4.69, 9.17) is 0 Å². The average molecular weight is 285 g/mol. The predicted molar refractivity (Wildman–Crippen MR) is 64.1 cm³/mol. The zero-order chi connectivity index (χ0) is 11.5. The molecule has 1 aromatic rings. The first-order valence-electron chi connectivity index (χ1n) is 5.18. The molecular weight excluding hydrogens is 272 g/mol. The zero-order valence-electron chi connectivity index (χ0n) is 8.96. The highest BCUT2D eigenvalue weighted by Crippen LogP contribution is 2.15. The molecule has 0 bridgehead atoms. The summed E-state index contributed by atoms with van der Waals surface area (Å²) in [7, 11) is 0. The monoisotopic (exact) mass is 284 g/mol. The number of carbonyl (C=O) groups excluding carboxylic acids is 1. The fourth-order valence-electron chi connectivity index (χ4n) is 1.67. The van der Waals surface area contributed by atoms with Crippen molar-refractivity contribution in [2.75, 3.05) is 11.9 Å². The summed E-state index contributed by atoms with van der Waals surface area (Å²) >= 11 is 3.33. The van der Waals surface area contributed by atoms with E-state index in [0.29, 0.717) is 13.0 Å². The Kier molecular flexibility index (Phi) is 3.38. The van der Waals surface area contributed by atoms with Crippen LogP contribution in [0.4, 0.5) is 5.82 Å². The quantitative estimate of drug-likeness (QED) is 0.802. The lowest BCUT2D eigenvalue weighted by atomic mass is 10.1. The van der Waals surface area contributed by atoms with E-state index in [9.17, 15) is 4.79 Å². The summed E-state index contributed by atoms with van der Waals surface area (Å²) in [6.45, 7) is 2.50. The molecule has 2 heterocycles. The summed E-state index contributed by atoms with van der Waals surface area (Å²) in [5, 5.41) is 6.11. The van der Waals surface area contributed by atoms with E-state index in [0.717, 1.165) is 22.7 Å². The Morgan fingerprint density at radius 1 is 1.56 bits per heavy atom. The summed E-state index contributed by atoms with van der Waals surface area (Å²) in [5.74, 6) is 1.63. The van der Waals surface area contributed by atoms with E-state index < -0.39 is 0 Å². The van der Waals surface area contributed by atoms with Crippen molar-refractivity contribution in [3.63, 3.8) is 0 Å². The molecule has 1 atom stereocenters. The third-order valence-electron chi connectivity index (χ3n) is 2.42. The van der Waals surface area contributed by atoms with Crippen molar-refractivity contribution in [3.05, 3.63) is 16.5 Å².